The van der Waals surface area contributed by atoms with E-state index in [1.54, 1.807) is 6.08 Å². The summed E-state index contributed by atoms with van der Waals surface area (Å²) in [6.45, 7) is 10.2. The third kappa shape index (κ3) is 1.98. The van der Waals surface area contributed by atoms with Gasteiger partial charge < -0.3 is 14.2 Å². The number of cyclic esters (lactones) is 2. The molecule has 3 saturated heterocycles. The van der Waals surface area contributed by atoms with Crippen molar-refractivity contribution in [2.24, 2.45) is 28.1 Å². The van der Waals surface area contributed by atoms with Crippen molar-refractivity contribution in [1.29, 1.82) is 0 Å². The van der Waals surface area contributed by atoms with E-state index in [0.717, 1.165) is 12.8 Å². The van der Waals surface area contributed by atoms with Gasteiger partial charge in [0.15, 0.2) is 5.78 Å². The zero-order valence-electron chi connectivity index (χ0n) is 18.9. The number of esters is 2. The van der Waals surface area contributed by atoms with Crippen LogP contribution in [0.5, 0.6) is 0 Å². The van der Waals surface area contributed by atoms with Crippen molar-refractivity contribution < 1.29 is 28.6 Å². The van der Waals surface area contributed by atoms with Crippen molar-refractivity contribution in [3.05, 3.63) is 23.8 Å². The van der Waals surface area contributed by atoms with Crippen LogP contribution in [0.2, 0.25) is 0 Å². The number of ether oxygens (including phenoxy) is 3. The Bertz CT molecular complexity index is 1020. The van der Waals surface area contributed by atoms with Gasteiger partial charge in [-0.15, -0.1) is 0 Å². The van der Waals surface area contributed by atoms with Crippen molar-refractivity contribution in [3.8, 4) is 0 Å². The number of allylic oxidation sites excluding steroid dienone is 2. The van der Waals surface area contributed by atoms with Crippen LogP contribution in [-0.4, -0.2) is 41.1 Å². The van der Waals surface area contributed by atoms with E-state index < -0.39 is 27.6 Å². The molecule has 2 unspecified atom stereocenters. The fraction of sp³-hybridized carbons (Fsp3) is 0.720. The molecule has 3 aliphatic carbocycles. The number of ketones is 1. The van der Waals surface area contributed by atoms with E-state index in [9.17, 15) is 14.4 Å². The lowest BCUT2D eigenvalue weighted by atomic mass is 9.47. The van der Waals surface area contributed by atoms with Gasteiger partial charge in [0.25, 0.3) is 0 Å². The number of carbonyl (C=O) groups excluding carboxylic acids is 3. The van der Waals surface area contributed by atoms with Crippen LogP contribution in [0.1, 0.15) is 60.3 Å². The van der Waals surface area contributed by atoms with Crippen molar-refractivity contribution in [2.75, 3.05) is 6.61 Å². The van der Waals surface area contributed by atoms with Crippen LogP contribution in [0, 0.1) is 28.1 Å². The normalized spacial score (nSPS) is 53.6. The SMILES string of the molecule is CC1(C)OC(=O)C=C[C@]2(C)[C@@H]3CC4(C)C(=O)[C@]5(C)C=C6C(=O)OCC64O[C@@]3(CC[C@@H]12)C5. The van der Waals surface area contributed by atoms with E-state index in [-0.39, 0.29) is 41.6 Å². The minimum Gasteiger partial charge on any atom is -0.459 e. The first-order valence-electron chi connectivity index (χ1n) is 11.4. The van der Waals surface area contributed by atoms with Gasteiger partial charge in [-0.1, -0.05) is 19.1 Å². The van der Waals surface area contributed by atoms with Crippen LogP contribution < -0.4 is 0 Å². The molecule has 166 valence electrons. The molecule has 0 aromatic heterocycles. The molecule has 4 bridgehead atoms. The molecule has 6 heteroatoms. The summed E-state index contributed by atoms with van der Waals surface area (Å²) in [6, 6.07) is 0. The summed E-state index contributed by atoms with van der Waals surface area (Å²) in [4.78, 5) is 39.1. The maximum Gasteiger partial charge on any atom is 0.336 e. The molecule has 5 heterocycles. The highest BCUT2D eigenvalue weighted by Gasteiger charge is 2.79. The van der Waals surface area contributed by atoms with Gasteiger partial charge in [0.1, 0.15) is 17.8 Å². The summed E-state index contributed by atoms with van der Waals surface area (Å²) in [5, 5.41) is 0. The van der Waals surface area contributed by atoms with Gasteiger partial charge in [-0.2, -0.15) is 0 Å². The van der Waals surface area contributed by atoms with Crippen LogP contribution in [0.4, 0.5) is 0 Å². The van der Waals surface area contributed by atoms with Crippen molar-refractivity contribution >= 4 is 17.7 Å². The molecule has 0 N–H and O–H groups in total. The van der Waals surface area contributed by atoms with Gasteiger partial charge in [0.2, 0.25) is 0 Å². The number of fused-ring (bicyclic) bond motifs is 1. The van der Waals surface area contributed by atoms with E-state index >= 15 is 0 Å². The van der Waals surface area contributed by atoms with Crippen LogP contribution in [0.15, 0.2) is 23.8 Å². The Morgan fingerprint density at radius 1 is 1.03 bits per heavy atom. The topological polar surface area (TPSA) is 78.9 Å². The van der Waals surface area contributed by atoms with Crippen LogP contribution in [0.25, 0.3) is 0 Å². The highest BCUT2D eigenvalue weighted by molar-refractivity contribution is 6.04. The number of Topliss-reactive ketones (excluding diaryl/α,β-unsaturated/α-hetero) is 1. The van der Waals surface area contributed by atoms with Gasteiger partial charge in [0, 0.05) is 17.4 Å². The van der Waals surface area contributed by atoms with Crippen molar-refractivity contribution in [2.45, 2.75) is 77.1 Å². The lowest BCUT2D eigenvalue weighted by Crippen LogP contribution is -2.69. The highest BCUT2D eigenvalue weighted by Crippen LogP contribution is 2.73. The molecule has 5 fully saturated rings. The Balaban J connectivity index is 1.58. The number of rotatable bonds is 0. The van der Waals surface area contributed by atoms with Crippen LogP contribution >= 0.6 is 0 Å². The summed E-state index contributed by atoms with van der Waals surface area (Å²) < 4.78 is 18.4. The standard InChI is InChI=1S/C25H30O6/c1-20(2)15-6-9-24-12-21(3)10-14-18(27)29-13-25(14,31-24)23(5,19(21)28)11-16(24)22(15,4)8-7-17(26)30-20/h7-8,10,15-16H,6,9,11-13H2,1-5H3/t15-,16-,21+,22-,23?,24-,25?/m0/s1. The third-order valence-electron chi connectivity index (χ3n) is 9.87. The fourth-order valence-corrected chi connectivity index (χ4v) is 8.68. The molecule has 0 radical (unpaired) electrons. The second kappa shape index (κ2) is 5.16. The monoisotopic (exact) mass is 426 g/mol. The molecule has 5 aliphatic heterocycles. The Morgan fingerprint density at radius 3 is 2.52 bits per heavy atom. The van der Waals surface area contributed by atoms with Gasteiger partial charge in [-0.25, -0.2) is 9.59 Å². The number of hydrogen-bond donors (Lipinski definition) is 0. The van der Waals surface area contributed by atoms with E-state index in [4.69, 9.17) is 14.2 Å². The molecule has 6 nitrogen and oxygen atoms in total. The highest BCUT2D eigenvalue weighted by atomic mass is 16.6. The molecule has 8 rings (SSSR count). The molecule has 2 saturated carbocycles. The average Bonchev–Trinajstić information content (AvgIpc) is 2.80. The van der Waals surface area contributed by atoms with Gasteiger partial charge in [-0.05, 0) is 64.7 Å². The predicted molar refractivity (Wildman–Crippen MR) is 110 cm³/mol. The molecule has 0 aromatic rings. The number of carbonyl (C=O) groups is 3. The van der Waals surface area contributed by atoms with E-state index in [1.807, 2.05) is 39.8 Å². The predicted octanol–water partition coefficient (Wildman–Crippen LogP) is 3.29. The fourth-order valence-electron chi connectivity index (χ4n) is 8.68. The Labute approximate surface area is 182 Å². The summed E-state index contributed by atoms with van der Waals surface area (Å²) in [7, 11) is 0. The molecule has 8 aliphatic rings. The van der Waals surface area contributed by atoms with Gasteiger partial charge in [0.05, 0.1) is 16.6 Å². The van der Waals surface area contributed by atoms with Crippen molar-refractivity contribution in [1.82, 2.24) is 0 Å². The van der Waals surface area contributed by atoms with E-state index in [2.05, 4.69) is 6.92 Å². The maximum absolute atomic E-state index is 14.0. The molecule has 2 spiro atoms. The lowest BCUT2D eigenvalue weighted by molar-refractivity contribution is -0.283. The molecule has 31 heavy (non-hydrogen) atoms. The third-order valence-corrected chi connectivity index (χ3v) is 9.87. The maximum atomic E-state index is 14.0. The van der Waals surface area contributed by atoms with E-state index in [0.29, 0.717) is 18.4 Å². The summed E-state index contributed by atoms with van der Waals surface area (Å²) >= 11 is 0. The minimum atomic E-state index is -1.01. The Morgan fingerprint density at radius 2 is 1.77 bits per heavy atom. The second-order valence-corrected chi connectivity index (χ2v) is 12.0. The smallest absolute Gasteiger partial charge is 0.336 e. The molecular weight excluding hydrogens is 396 g/mol. The second-order valence-electron chi connectivity index (χ2n) is 12.0. The first-order valence-corrected chi connectivity index (χ1v) is 11.4. The van der Waals surface area contributed by atoms with Crippen molar-refractivity contribution in [3.63, 3.8) is 0 Å². The summed E-state index contributed by atoms with van der Waals surface area (Å²) in [5.74, 6) is -0.390. The first-order chi connectivity index (χ1) is 14.3. The van der Waals surface area contributed by atoms with Crippen LogP contribution in [0.3, 0.4) is 0 Å². The summed E-state index contributed by atoms with van der Waals surface area (Å²) in [5.41, 5.74) is -3.65. The summed E-state index contributed by atoms with van der Waals surface area (Å²) in [6.07, 6.45) is 8.19. The van der Waals surface area contributed by atoms with Gasteiger partial charge in [-0.3, -0.25) is 4.79 Å². The van der Waals surface area contributed by atoms with Gasteiger partial charge >= 0.3 is 11.9 Å². The zero-order valence-corrected chi connectivity index (χ0v) is 18.9. The number of hydrogen-bond acceptors (Lipinski definition) is 6. The molecule has 0 aromatic carbocycles. The molecular formula is C25H30O6. The molecule has 7 atom stereocenters. The van der Waals surface area contributed by atoms with Crippen LogP contribution in [-0.2, 0) is 28.6 Å². The average molecular weight is 427 g/mol. The Kier molecular flexibility index (Phi) is 3.28. The molecule has 0 amide bonds. The largest absolute Gasteiger partial charge is 0.459 e. The zero-order chi connectivity index (χ0) is 22.2. The first kappa shape index (κ1) is 19.7. The Hall–Kier alpha value is -1.95. The quantitative estimate of drug-likeness (QED) is 0.553. The lowest BCUT2D eigenvalue weighted by Gasteiger charge is -2.64. The van der Waals surface area contributed by atoms with E-state index in [1.165, 1.54) is 0 Å². The minimum absolute atomic E-state index is 0.0219.